The summed E-state index contributed by atoms with van der Waals surface area (Å²) in [5, 5.41) is 13.6. The third kappa shape index (κ3) is 5.78. The van der Waals surface area contributed by atoms with Crippen molar-refractivity contribution in [1.29, 1.82) is 0 Å². The molecule has 0 saturated carbocycles. The van der Waals surface area contributed by atoms with Crippen molar-refractivity contribution < 1.29 is 19.2 Å². The number of esters is 1. The Morgan fingerprint density at radius 2 is 2.00 bits per heavy atom. The lowest BCUT2D eigenvalue weighted by molar-refractivity contribution is -0.384. The van der Waals surface area contributed by atoms with Crippen LogP contribution < -0.4 is 10.1 Å². The van der Waals surface area contributed by atoms with Crippen LogP contribution in [0.5, 0.6) is 5.75 Å². The van der Waals surface area contributed by atoms with Crippen LogP contribution in [0.25, 0.3) is 0 Å². The number of nitrogens with one attached hydrogen (secondary N) is 1. The Hall–Kier alpha value is -2.15. The van der Waals surface area contributed by atoms with Crippen LogP contribution in [0, 0.1) is 10.1 Å². The lowest BCUT2D eigenvalue weighted by Crippen LogP contribution is -2.43. The van der Waals surface area contributed by atoms with E-state index < -0.39 is 11.0 Å². The molecule has 116 valence electrons. The van der Waals surface area contributed by atoms with Gasteiger partial charge in [0.15, 0.2) is 0 Å². The fraction of sp³-hybridized carbons (Fsp3) is 0.500. The molecule has 1 unspecified atom stereocenters. The molecule has 0 spiro atoms. The van der Waals surface area contributed by atoms with Crippen molar-refractivity contribution >= 4 is 11.7 Å². The van der Waals surface area contributed by atoms with Gasteiger partial charge in [0.25, 0.3) is 5.69 Å². The molecule has 21 heavy (non-hydrogen) atoms. The van der Waals surface area contributed by atoms with Gasteiger partial charge in [-0.3, -0.25) is 14.9 Å². The largest absolute Gasteiger partial charge is 0.491 e. The highest BCUT2D eigenvalue weighted by Gasteiger charge is 2.19. The average molecular weight is 296 g/mol. The number of non-ortho nitro benzene ring substituents is 1. The van der Waals surface area contributed by atoms with Gasteiger partial charge in [-0.05, 0) is 32.0 Å². The molecule has 1 aromatic carbocycles. The molecule has 1 aromatic rings. The number of benzene rings is 1. The van der Waals surface area contributed by atoms with E-state index in [0.29, 0.717) is 18.9 Å². The van der Waals surface area contributed by atoms with Crippen molar-refractivity contribution in [3.63, 3.8) is 0 Å². The molecule has 7 nitrogen and oxygen atoms in total. The van der Waals surface area contributed by atoms with Crippen molar-refractivity contribution in [2.75, 3.05) is 19.8 Å². The van der Waals surface area contributed by atoms with Gasteiger partial charge in [-0.25, -0.2) is 0 Å². The number of hydrogen-bond donors (Lipinski definition) is 1. The first-order chi connectivity index (χ1) is 10.1. The molecule has 0 aliphatic rings. The number of nitro groups is 1. The molecule has 1 rings (SSSR count). The van der Waals surface area contributed by atoms with E-state index in [-0.39, 0.29) is 18.3 Å². The number of carbonyl (C=O) groups excluding carboxylic acids is 1. The Labute approximate surface area is 123 Å². The zero-order valence-corrected chi connectivity index (χ0v) is 12.2. The molecule has 7 heteroatoms. The van der Waals surface area contributed by atoms with Crippen LogP contribution in [0.15, 0.2) is 24.3 Å². The number of rotatable bonds is 9. The molecule has 0 saturated heterocycles. The van der Waals surface area contributed by atoms with Gasteiger partial charge in [0, 0.05) is 12.1 Å². The molecule has 0 fully saturated rings. The van der Waals surface area contributed by atoms with Gasteiger partial charge >= 0.3 is 5.97 Å². The molecule has 0 amide bonds. The van der Waals surface area contributed by atoms with Gasteiger partial charge in [-0.2, -0.15) is 0 Å². The van der Waals surface area contributed by atoms with Crippen LogP contribution in [0.2, 0.25) is 0 Å². The molecule has 0 aliphatic carbocycles. The molecule has 0 aromatic heterocycles. The van der Waals surface area contributed by atoms with Gasteiger partial charge in [0.05, 0.1) is 11.5 Å². The van der Waals surface area contributed by atoms with E-state index in [9.17, 15) is 14.9 Å². The highest BCUT2D eigenvalue weighted by atomic mass is 16.6. The minimum Gasteiger partial charge on any atom is -0.491 e. The third-order valence-electron chi connectivity index (χ3n) is 2.68. The van der Waals surface area contributed by atoms with Crippen molar-refractivity contribution in [2.45, 2.75) is 26.3 Å². The second-order valence-corrected chi connectivity index (χ2v) is 4.32. The lowest BCUT2D eigenvalue weighted by Gasteiger charge is -2.17. The number of carbonyl (C=O) groups is 1. The smallest absolute Gasteiger partial charge is 0.326 e. The summed E-state index contributed by atoms with van der Waals surface area (Å²) in [6.45, 7) is 4.82. The number of hydrogen-bond acceptors (Lipinski definition) is 6. The molecule has 0 aliphatic heterocycles. The Morgan fingerprint density at radius 1 is 1.33 bits per heavy atom. The predicted molar refractivity (Wildman–Crippen MR) is 77.3 cm³/mol. The Bertz CT molecular complexity index is 461. The predicted octanol–water partition coefficient (Wildman–Crippen LogP) is 1.90. The quantitative estimate of drug-likeness (QED) is 0.425. The summed E-state index contributed by atoms with van der Waals surface area (Å²) < 4.78 is 10.5. The van der Waals surface area contributed by atoms with E-state index in [1.807, 2.05) is 6.92 Å². The molecule has 0 radical (unpaired) electrons. The third-order valence-corrected chi connectivity index (χ3v) is 2.68. The topological polar surface area (TPSA) is 90.7 Å². The first-order valence-corrected chi connectivity index (χ1v) is 6.85. The van der Waals surface area contributed by atoms with E-state index in [2.05, 4.69) is 5.32 Å². The SMILES string of the molecule is CCCNC(COc1ccc([N+](=O)[O-])cc1)C(=O)OCC. The summed E-state index contributed by atoms with van der Waals surface area (Å²) in [6, 6.07) is 5.16. The summed E-state index contributed by atoms with van der Waals surface area (Å²) in [7, 11) is 0. The Morgan fingerprint density at radius 3 is 2.52 bits per heavy atom. The number of ether oxygens (including phenoxy) is 2. The van der Waals surface area contributed by atoms with E-state index in [4.69, 9.17) is 9.47 Å². The first kappa shape index (κ1) is 16.9. The van der Waals surface area contributed by atoms with E-state index in [1.165, 1.54) is 24.3 Å². The van der Waals surface area contributed by atoms with Gasteiger partial charge in [-0.1, -0.05) is 6.92 Å². The highest BCUT2D eigenvalue weighted by Crippen LogP contribution is 2.17. The minimum absolute atomic E-state index is 0.00611. The molecule has 0 heterocycles. The molecule has 1 atom stereocenters. The van der Waals surface area contributed by atoms with Crippen molar-refractivity contribution in [2.24, 2.45) is 0 Å². The van der Waals surface area contributed by atoms with Crippen LogP contribution in [0.3, 0.4) is 0 Å². The summed E-state index contributed by atoms with van der Waals surface area (Å²) in [4.78, 5) is 21.8. The van der Waals surface area contributed by atoms with E-state index in [1.54, 1.807) is 6.92 Å². The second kappa shape index (κ2) is 8.91. The fourth-order valence-corrected chi connectivity index (χ4v) is 1.62. The standard InChI is InChI=1S/C14H20N2O5/c1-3-9-15-13(14(17)20-4-2)10-21-12-7-5-11(6-8-12)16(18)19/h5-8,13,15H,3-4,9-10H2,1-2H3. The van der Waals surface area contributed by atoms with Crippen LogP contribution in [-0.2, 0) is 9.53 Å². The lowest BCUT2D eigenvalue weighted by atomic mass is 10.3. The van der Waals surface area contributed by atoms with Crippen molar-refractivity contribution in [3.8, 4) is 5.75 Å². The Kier molecular flexibility index (Phi) is 7.17. The second-order valence-electron chi connectivity index (χ2n) is 4.32. The number of nitro benzene ring substituents is 1. The van der Waals surface area contributed by atoms with Crippen LogP contribution in [0.4, 0.5) is 5.69 Å². The molecular weight excluding hydrogens is 276 g/mol. The monoisotopic (exact) mass is 296 g/mol. The summed E-state index contributed by atoms with van der Waals surface area (Å²) >= 11 is 0. The average Bonchev–Trinajstić information content (AvgIpc) is 2.48. The van der Waals surface area contributed by atoms with Crippen LogP contribution >= 0.6 is 0 Å². The fourth-order valence-electron chi connectivity index (χ4n) is 1.62. The maximum absolute atomic E-state index is 11.8. The molecular formula is C14H20N2O5. The maximum atomic E-state index is 11.8. The van der Waals surface area contributed by atoms with Crippen LogP contribution in [-0.4, -0.2) is 36.7 Å². The summed E-state index contributed by atoms with van der Waals surface area (Å²) in [5.74, 6) is 0.0982. The van der Waals surface area contributed by atoms with Gasteiger partial charge in [-0.15, -0.1) is 0 Å². The summed E-state index contributed by atoms with van der Waals surface area (Å²) in [6.07, 6.45) is 0.882. The van der Waals surface area contributed by atoms with Crippen LogP contribution in [0.1, 0.15) is 20.3 Å². The normalized spacial score (nSPS) is 11.7. The maximum Gasteiger partial charge on any atom is 0.326 e. The zero-order chi connectivity index (χ0) is 15.7. The van der Waals surface area contributed by atoms with Gasteiger partial charge < -0.3 is 14.8 Å². The zero-order valence-electron chi connectivity index (χ0n) is 12.2. The van der Waals surface area contributed by atoms with E-state index in [0.717, 1.165) is 6.42 Å². The molecule has 1 N–H and O–H groups in total. The molecule has 0 bridgehead atoms. The number of nitrogens with zero attached hydrogens (tertiary/aromatic N) is 1. The summed E-state index contributed by atoms with van der Waals surface area (Å²) in [5.41, 5.74) is -0.00611. The van der Waals surface area contributed by atoms with Crippen molar-refractivity contribution in [3.05, 3.63) is 34.4 Å². The highest BCUT2D eigenvalue weighted by molar-refractivity contribution is 5.76. The van der Waals surface area contributed by atoms with Crippen molar-refractivity contribution in [1.82, 2.24) is 5.32 Å². The minimum atomic E-state index is -0.555. The Balaban J connectivity index is 2.58. The van der Waals surface area contributed by atoms with E-state index >= 15 is 0 Å². The van der Waals surface area contributed by atoms with Gasteiger partial charge in [0.1, 0.15) is 18.4 Å². The van der Waals surface area contributed by atoms with Gasteiger partial charge in [0.2, 0.25) is 0 Å². The first-order valence-electron chi connectivity index (χ1n) is 6.85.